The van der Waals surface area contributed by atoms with Crippen LogP contribution in [0.4, 0.5) is 14.9 Å². The summed E-state index contributed by atoms with van der Waals surface area (Å²) in [5.74, 6) is -1.24. The molecule has 3 heterocycles. The average molecular weight is 544 g/mol. The fourth-order valence-electron chi connectivity index (χ4n) is 5.93. The van der Waals surface area contributed by atoms with E-state index in [4.69, 9.17) is 23.2 Å². The molecule has 37 heavy (non-hydrogen) atoms. The van der Waals surface area contributed by atoms with Crippen LogP contribution in [0.5, 0.6) is 0 Å². The molecule has 7 nitrogen and oxygen atoms in total. The maximum Gasteiger partial charge on any atom is 0.318 e. The summed E-state index contributed by atoms with van der Waals surface area (Å²) in [7, 11) is 0. The van der Waals surface area contributed by atoms with Gasteiger partial charge < -0.3 is 15.5 Å². The Morgan fingerprint density at radius 3 is 2.73 bits per heavy atom. The van der Waals surface area contributed by atoms with Crippen LogP contribution in [0.1, 0.15) is 50.1 Å². The zero-order chi connectivity index (χ0) is 26.5. The van der Waals surface area contributed by atoms with Crippen LogP contribution >= 0.6 is 23.2 Å². The summed E-state index contributed by atoms with van der Waals surface area (Å²) in [6, 6.07) is 10.3. The number of halogens is 3. The van der Waals surface area contributed by atoms with Crippen LogP contribution in [0.25, 0.3) is 0 Å². The van der Waals surface area contributed by atoms with Gasteiger partial charge in [0.05, 0.1) is 23.3 Å². The molecule has 1 spiro atoms. The number of hydrogen-bond acceptors (Lipinski definition) is 3. The van der Waals surface area contributed by atoms with Crippen LogP contribution in [0.15, 0.2) is 48.7 Å². The molecule has 1 fully saturated rings. The first-order chi connectivity index (χ1) is 17.5. The highest BCUT2D eigenvalue weighted by Crippen LogP contribution is 2.60. The molecule has 1 saturated heterocycles. The van der Waals surface area contributed by atoms with Gasteiger partial charge in [-0.05, 0) is 47.6 Å². The highest BCUT2D eigenvalue weighted by molar-refractivity contribution is 6.31. The summed E-state index contributed by atoms with van der Waals surface area (Å²) >= 11 is 12.5. The number of likely N-dealkylation sites (tertiary alicyclic amines) is 1. The number of anilines is 1. The van der Waals surface area contributed by atoms with Crippen LogP contribution in [-0.2, 0) is 16.8 Å². The number of aromatic amines is 1. The Morgan fingerprint density at radius 2 is 2.03 bits per heavy atom. The number of benzene rings is 2. The van der Waals surface area contributed by atoms with Gasteiger partial charge in [0.2, 0.25) is 5.91 Å². The maximum atomic E-state index is 15.7. The van der Waals surface area contributed by atoms with Gasteiger partial charge in [-0.1, -0.05) is 62.2 Å². The Bertz CT molecular complexity index is 1360. The van der Waals surface area contributed by atoms with Crippen molar-refractivity contribution in [2.45, 2.75) is 45.2 Å². The Hall–Kier alpha value is -3.10. The minimum Gasteiger partial charge on any atom is -0.332 e. The first-order valence-electron chi connectivity index (χ1n) is 12.1. The van der Waals surface area contributed by atoms with Crippen LogP contribution < -0.4 is 10.6 Å². The molecular weight excluding hydrogens is 516 g/mol. The lowest BCUT2D eigenvalue weighted by Crippen LogP contribution is -2.47. The number of nitrogens with zero attached hydrogens (tertiary/aromatic N) is 2. The molecule has 3 aromatic rings. The number of carbonyl (C=O) groups is 2. The normalized spacial score (nSPS) is 22.9. The third-order valence-electron chi connectivity index (χ3n) is 7.24. The van der Waals surface area contributed by atoms with Crippen LogP contribution in [0, 0.1) is 17.2 Å². The van der Waals surface area contributed by atoms with Gasteiger partial charge in [0.15, 0.2) is 0 Å². The Balaban J connectivity index is 1.70. The third-order valence-corrected chi connectivity index (χ3v) is 7.77. The second-order valence-electron chi connectivity index (χ2n) is 10.9. The van der Waals surface area contributed by atoms with E-state index in [1.165, 1.54) is 6.07 Å². The van der Waals surface area contributed by atoms with Crippen molar-refractivity contribution in [1.29, 1.82) is 0 Å². The lowest BCUT2D eigenvalue weighted by molar-refractivity contribution is -0.123. The molecule has 5 rings (SSSR count). The van der Waals surface area contributed by atoms with E-state index in [0.29, 0.717) is 22.7 Å². The van der Waals surface area contributed by atoms with Gasteiger partial charge in [0, 0.05) is 29.0 Å². The predicted octanol–water partition coefficient (Wildman–Crippen LogP) is 6.06. The zero-order valence-corrected chi connectivity index (χ0v) is 22.3. The van der Waals surface area contributed by atoms with E-state index in [1.54, 1.807) is 41.4 Å². The van der Waals surface area contributed by atoms with E-state index < -0.39 is 23.3 Å². The van der Waals surface area contributed by atoms with Crippen LogP contribution in [-0.4, -0.2) is 33.6 Å². The number of fused-ring (bicyclic) bond motifs is 2. The highest BCUT2D eigenvalue weighted by Gasteiger charge is 2.65. The number of H-pyrrole nitrogens is 1. The van der Waals surface area contributed by atoms with Crippen LogP contribution in [0.3, 0.4) is 0 Å². The van der Waals surface area contributed by atoms with Crippen molar-refractivity contribution in [3.05, 3.63) is 81.3 Å². The molecule has 0 unspecified atom stereocenters. The molecule has 0 radical (unpaired) electrons. The summed E-state index contributed by atoms with van der Waals surface area (Å²) < 4.78 is 15.7. The van der Waals surface area contributed by atoms with E-state index in [-0.39, 0.29) is 40.9 Å². The Labute approximate surface area is 224 Å². The molecule has 2 aromatic carbocycles. The average Bonchev–Trinajstić information content (AvgIpc) is 3.52. The van der Waals surface area contributed by atoms with Crippen molar-refractivity contribution in [3.63, 3.8) is 0 Å². The summed E-state index contributed by atoms with van der Waals surface area (Å²) in [6.07, 6.45) is 2.21. The van der Waals surface area contributed by atoms with Gasteiger partial charge >= 0.3 is 6.03 Å². The molecule has 2 aliphatic heterocycles. The summed E-state index contributed by atoms with van der Waals surface area (Å²) in [5, 5.41) is 13.0. The largest absolute Gasteiger partial charge is 0.332 e. The standard InChI is InChI=1S/C27H28Cl2FN5O2/c1-26(2,3)12-15-14-35(25(37)31-13-17-9-10-32-34-17)23(18-5-4-6-20(29)22(18)30)27(15)19-8-7-16(28)11-21(19)33-24(27)36/h4-11,15,23H,12-14H2,1-3H3,(H,31,37)(H,32,34)(H,33,36)/t15-,23-,27+/m1/s1. The number of nitrogens with one attached hydrogen (secondary N) is 3. The van der Waals surface area contributed by atoms with Gasteiger partial charge in [0.25, 0.3) is 0 Å². The number of hydrogen-bond donors (Lipinski definition) is 3. The minimum atomic E-state index is -1.25. The Morgan fingerprint density at radius 1 is 1.24 bits per heavy atom. The fraction of sp³-hybridized carbons (Fsp3) is 0.370. The second kappa shape index (κ2) is 9.33. The quantitative estimate of drug-likeness (QED) is 0.373. The predicted molar refractivity (Wildman–Crippen MR) is 141 cm³/mol. The summed E-state index contributed by atoms with van der Waals surface area (Å²) in [4.78, 5) is 29.4. The molecule has 0 aliphatic carbocycles. The lowest BCUT2D eigenvalue weighted by Gasteiger charge is -2.38. The smallest absolute Gasteiger partial charge is 0.318 e. The van der Waals surface area contributed by atoms with Crippen molar-refractivity contribution < 1.29 is 14.0 Å². The fourth-order valence-corrected chi connectivity index (χ4v) is 6.28. The van der Waals surface area contributed by atoms with Crippen molar-refractivity contribution in [3.8, 4) is 0 Å². The van der Waals surface area contributed by atoms with Gasteiger partial charge in [-0.3, -0.25) is 9.89 Å². The molecule has 10 heteroatoms. The van der Waals surface area contributed by atoms with E-state index >= 15 is 4.39 Å². The molecule has 0 saturated carbocycles. The molecule has 3 atom stereocenters. The van der Waals surface area contributed by atoms with Crippen molar-refractivity contribution in [2.75, 3.05) is 11.9 Å². The summed E-state index contributed by atoms with van der Waals surface area (Å²) in [6.45, 7) is 6.72. The Kier molecular flexibility index (Phi) is 6.44. The number of amides is 3. The van der Waals surface area contributed by atoms with E-state index in [0.717, 1.165) is 5.69 Å². The second-order valence-corrected chi connectivity index (χ2v) is 11.8. The van der Waals surface area contributed by atoms with Gasteiger partial charge in [-0.15, -0.1) is 0 Å². The molecule has 1 aromatic heterocycles. The SMILES string of the molecule is CC(C)(C)C[C@@H]1CN(C(=O)NCc2ccn[nH]2)[C@H](c2cccc(Cl)c2F)[C@]12C(=O)Nc1cc(Cl)ccc12. The number of rotatable bonds is 4. The van der Waals surface area contributed by atoms with Crippen molar-refractivity contribution in [1.82, 2.24) is 20.4 Å². The number of carbonyl (C=O) groups excluding carboxylic acids is 2. The first-order valence-corrected chi connectivity index (χ1v) is 12.9. The molecule has 194 valence electrons. The molecule has 2 aliphatic rings. The molecule has 0 bridgehead atoms. The number of aromatic nitrogens is 2. The third kappa shape index (κ3) is 4.36. The highest BCUT2D eigenvalue weighted by atomic mass is 35.5. The van der Waals surface area contributed by atoms with Crippen molar-refractivity contribution in [2.24, 2.45) is 11.3 Å². The van der Waals surface area contributed by atoms with E-state index in [1.807, 2.05) is 6.07 Å². The monoisotopic (exact) mass is 543 g/mol. The van der Waals surface area contributed by atoms with Gasteiger partial charge in [0.1, 0.15) is 11.2 Å². The molecule has 3 N–H and O–H groups in total. The maximum absolute atomic E-state index is 15.7. The number of urea groups is 1. The summed E-state index contributed by atoms with van der Waals surface area (Å²) in [5.41, 5.74) is 0.765. The van der Waals surface area contributed by atoms with Crippen LogP contribution in [0.2, 0.25) is 10.0 Å². The van der Waals surface area contributed by atoms with Gasteiger partial charge in [-0.25, -0.2) is 9.18 Å². The van der Waals surface area contributed by atoms with Gasteiger partial charge in [-0.2, -0.15) is 5.10 Å². The zero-order valence-electron chi connectivity index (χ0n) is 20.7. The molecular formula is C27H28Cl2FN5O2. The van der Waals surface area contributed by atoms with E-state index in [2.05, 4.69) is 41.6 Å². The minimum absolute atomic E-state index is 0.0699. The first kappa shape index (κ1) is 25.5. The topological polar surface area (TPSA) is 90.1 Å². The van der Waals surface area contributed by atoms with E-state index in [9.17, 15) is 9.59 Å². The lowest BCUT2D eigenvalue weighted by atomic mass is 9.63. The van der Waals surface area contributed by atoms with Crippen molar-refractivity contribution >= 4 is 40.8 Å². The molecule has 3 amide bonds.